The summed E-state index contributed by atoms with van der Waals surface area (Å²) in [6.07, 6.45) is -1.77. The minimum atomic E-state index is -4.45. The van der Waals surface area contributed by atoms with Crippen LogP contribution < -0.4 is 16.0 Å². The first-order chi connectivity index (χ1) is 16.2. The number of nitrogens with zero attached hydrogens (tertiary/aromatic N) is 1. The summed E-state index contributed by atoms with van der Waals surface area (Å²) in [4.78, 5) is 28.4. The molecule has 3 amide bonds. The Labute approximate surface area is 194 Å². The maximum Gasteiger partial charge on any atom is 0.416 e. The van der Waals surface area contributed by atoms with Gasteiger partial charge < -0.3 is 25.8 Å². The Morgan fingerprint density at radius 3 is 2.53 bits per heavy atom. The fraction of sp³-hybridized carbons (Fsp3) is 0.435. The first-order valence-electron chi connectivity index (χ1n) is 10.9. The number of anilines is 1. The number of carbonyl (C=O) groups excluding carboxylic acids is 2. The third-order valence-electron chi connectivity index (χ3n) is 5.44. The van der Waals surface area contributed by atoms with Crippen molar-refractivity contribution < 1.29 is 32.6 Å². The number of aliphatic hydroxyl groups is 1. The topological polar surface area (TPSA) is 113 Å². The van der Waals surface area contributed by atoms with Crippen molar-refractivity contribution in [2.24, 2.45) is 0 Å². The molecule has 2 heterocycles. The molecule has 1 aromatic carbocycles. The van der Waals surface area contributed by atoms with Gasteiger partial charge in [-0.2, -0.15) is 13.2 Å². The van der Waals surface area contributed by atoms with Crippen molar-refractivity contribution in [1.82, 2.24) is 15.6 Å². The standard InChI is InChI=1S/C23H27F3N4O4/c24-23(25,26)15-4-6-16(7-5-15)29-22(33)30-19-9-8-18(34-20(19)14-31)10-12-28-21(32)13-17-3-1-2-11-27-17/h1-7,11,18-20,31H,8-10,12-14H2,(H,28,32)(H2,29,30,33)/t18-,19+,20-/m0/s1. The maximum atomic E-state index is 12.7. The van der Waals surface area contributed by atoms with E-state index < -0.39 is 29.9 Å². The normalized spacial score (nSPS) is 20.4. The van der Waals surface area contributed by atoms with Crippen LogP contribution in [0.15, 0.2) is 48.7 Å². The number of alkyl halides is 3. The lowest BCUT2D eigenvalue weighted by atomic mass is 9.97. The predicted octanol–water partition coefficient (Wildman–Crippen LogP) is 2.88. The lowest BCUT2D eigenvalue weighted by Gasteiger charge is -2.36. The number of benzene rings is 1. The van der Waals surface area contributed by atoms with E-state index >= 15 is 0 Å². The SMILES string of the molecule is O=C(Cc1ccccn1)NCC[C@@H]1CC[C@@H](NC(=O)Nc2ccc(C(F)(F)F)cc2)[C@H](CO)O1. The molecule has 1 saturated heterocycles. The van der Waals surface area contributed by atoms with Crippen molar-refractivity contribution in [1.29, 1.82) is 0 Å². The first kappa shape index (κ1) is 25.4. The summed E-state index contributed by atoms with van der Waals surface area (Å²) < 4.78 is 43.8. The van der Waals surface area contributed by atoms with Gasteiger partial charge in [-0.25, -0.2) is 4.79 Å². The lowest BCUT2D eigenvalue weighted by molar-refractivity contribution is -0.137. The molecule has 3 atom stereocenters. The molecule has 8 nitrogen and oxygen atoms in total. The number of carbonyl (C=O) groups is 2. The molecule has 0 radical (unpaired) electrons. The minimum Gasteiger partial charge on any atom is -0.394 e. The Hall–Kier alpha value is -3.18. The third kappa shape index (κ3) is 7.70. The number of nitrogens with one attached hydrogen (secondary N) is 3. The van der Waals surface area contributed by atoms with Crippen LogP contribution in [0, 0.1) is 0 Å². The van der Waals surface area contributed by atoms with E-state index in [2.05, 4.69) is 20.9 Å². The van der Waals surface area contributed by atoms with Gasteiger partial charge in [0.05, 0.1) is 30.7 Å². The zero-order valence-electron chi connectivity index (χ0n) is 18.3. The lowest BCUT2D eigenvalue weighted by Crippen LogP contribution is -2.52. The van der Waals surface area contributed by atoms with Gasteiger partial charge in [-0.15, -0.1) is 0 Å². The fourth-order valence-electron chi connectivity index (χ4n) is 3.69. The van der Waals surface area contributed by atoms with Crippen molar-refractivity contribution in [2.75, 3.05) is 18.5 Å². The smallest absolute Gasteiger partial charge is 0.394 e. The number of aromatic nitrogens is 1. The Balaban J connectivity index is 1.40. The fourth-order valence-corrected chi connectivity index (χ4v) is 3.69. The van der Waals surface area contributed by atoms with Crippen LogP contribution in [0.1, 0.15) is 30.5 Å². The second-order valence-electron chi connectivity index (χ2n) is 7.97. The zero-order valence-corrected chi connectivity index (χ0v) is 18.3. The Morgan fingerprint density at radius 1 is 1.12 bits per heavy atom. The van der Waals surface area contributed by atoms with Crippen LogP contribution >= 0.6 is 0 Å². The van der Waals surface area contributed by atoms with Gasteiger partial charge >= 0.3 is 12.2 Å². The van der Waals surface area contributed by atoms with Gasteiger partial charge in [0.15, 0.2) is 0 Å². The second kappa shape index (κ2) is 11.8. The molecule has 0 spiro atoms. The largest absolute Gasteiger partial charge is 0.416 e. The van der Waals surface area contributed by atoms with Crippen LogP contribution in [0.5, 0.6) is 0 Å². The van der Waals surface area contributed by atoms with Crippen molar-refractivity contribution in [3.05, 3.63) is 59.9 Å². The zero-order chi connectivity index (χ0) is 24.6. The first-order valence-corrected chi connectivity index (χ1v) is 10.9. The number of hydrogen-bond donors (Lipinski definition) is 4. The van der Waals surface area contributed by atoms with Crippen LogP contribution in [0.3, 0.4) is 0 Å². The van der Waals surface area contributed by atoms with Gasteiger partial charge in [-0.1, -0.05) is 6.07 Å². The van der Waals surface area contributed by atoms with E-state index in [9.17, 15) is 27.9 Å². The molecular weight excluding hydrogens is 453 g/mol. The molecule has 0 aliphatic carbocycles. The molecule has 184 valence electrons. The Bertz CT molecular complexity index is 941. The van der Waals surface area contributed by atoms with Crippen LogP contribution in [0.25, 0.3) is 0 Å². The summed E-state index contributed by atoms with van der Waals surface area (Å²) in [6, 6.07) is 8.40. The van der Waals surface area contributed by atoms with Crippen LogP contribution in [0.4, 0.5) is 23.7 Å². The Kier molecular flexibility index (Phi) is 8.83. The van der Waals surface area contributed by atoms with Crippen LogP contribution in [0.2, 0.25) is 0 Å². The van der Waals surface area contributed by atoms with E-state index in [0.29, 0.717) is 31.5 Å². The summed E-state index contributed by atoms with van der Waals surface area (Å²) in [7, 11) is 0. The monoisotopic (exact) mass is 480 g/mol. The highest BCUT2D eigenvalue weighted by Crippen LogP contribution is 2.29. The second-order valence-corrected chi connectivity index (χ2v) is 7.97. The number of hydrogen-bond acceptors (Lipinski definition) is 5. The van der Waals surface area contributed by atoms with E-state index in [0.717, 1.165) is 12.1 Å². The highest BCUT2D eigenvalue weighted by atomic mass is 19.4. The highest BCUT2D eigenvalue weighted by molar-refractivity contribution is 5.89. The van der Waals surface area contributed by atoms with E-state index in [-0.39, 0.29) is 30.7 Å². The molecule has 4 N–H and O–H groups in total. The van der Waals surface area contributed by atoms with Crippen LogP contribution in [-0.4, -0.2) is 53.4 Å². The molecular formula is C23H27F3N4O4. The van der Waals surface area contributed by atoms with E-state index in [1.807, 2.05) is 6.07 Å². The average Bonchev–Trinajstić information content (AvgIpc) is 2.80. The number of halogens is 3. The van der Waals surface area contributed by atoms with Crippen molar-refractivity contribution in [2.45, 2.75) is 50.1 Å². The molecule has 0 saturated carbocycles. The van der Waals surface area contributed by atoms with E-state index in [1.165, 1.54) is 12.1 Å². The van der Waals surface area contributed by atoms with Crippen molar-refractivity contribution in [3.8, 4) is 0 Å². The van der Waals surface area contributed by atoms with Gasteiger partial charge in [-0.3, -0.25) is 9.78 Å². The van der Waals surface area contributed by atoms with Gasteiger partial charge in [0.2, 0.25) is 5.91 Å². The number of pyridine rings is 1. The highest BCUT2D eigenvalue weighted by Gasteiger charge is 2.32. The predicted molar refractivity (Wildman–Crippen MR) is 118 cm³/mol. The quantitative estimate of drug-likeness (QED) is 0.464. The number of urea groups is 1. The number of rotatable bonds is 8. The minimum absolute atomic E-state index is 0.146. The molecule has 1 aliphatic heterocycles. The molecule has 11 heteroatoms. The van der Waals surface area contributed by atoms with Crippen molar-refractivity contribution in [3.63, 3.8) is 0 Å². The molecule has 1 aliphatic rings. The number of aliphatic hydroxyl groups excluding tert-OH is 1. The number of ether oxygens (including phenoxy) is 1. The molecule has 1 aromatic heterocycles. The van der Waals surface area contributed by atoms with Crippen LogP contribution in [-0.2, 0) is 22.1 Å². The van der Waals surface area contributed by atoms with E-state index in [4.69, 9.17) is 4.74 Å². The summed E-state index contributed by atoms with van der Waals surface area (Å²) in [5.74, 6) is -0.146. The molecule has 0 bridgehead atoms. The molecule has 3 rings (SSSR count). The third-order valence-corrected chi connectivity index (χ3v) is 5.44. The molecule has 34 heavy (non-hydrogen) atoms. The molecule has 0 unspecified atom stereocenters. The van der Waals surface area contributed by atoms with Gasteiger partial charge in [-0.05, 0) is 55.7 Å². The summed E-state index contributed by atoms with van der Waals surface area (Å²) in [5, 5.41) is 17.7. The van der Waals surface area contributed by atoms with Crippen molar-refractivity contribution >= 4 is 17.6 Å². The number of amides is 3. The van der Waals surface area contributed by atoms with Gasteiger partial charge in [0.25, 0.3) is 0 Å². The van der Waals surface area contributed by atoms with E-state index in [1.54, 1.807) is 18.3 Å². The van der Waals surface area contributed by atoms with Gasteiger partial charge in [0.1, 0.15) is 6.10 Å². The molecule has 2 aromatic rings. The average molecular weight is 480 g/mol. The molecule has 1 fully saturated rings. The summed E-state index contributed by atoms with van der Waals surface area (Å²) in [5.41, 5.74) is 0.0818. The van der Waals surface area contributed by atoms with Gasteiger partial charge in [0, 0.05) is 24.1 Å². The summed E-state index contributed by atoms with van der Waals surface area (Å²) in [6.45, 7) is 0.0920. The maximum absolute atomic E-state index is 12.7. The summed E-state index contributed by atoms with van der Waals surface area (Å²) >= 11 is 0. The Morgan fingerprint density at radius 2 is 1.88 bits per heavy atom.